The zero-order chi connectivity index (χ0) is 27.4. The molecule has 1 amide bonds. The van der Waals surface area contributed by atoms with Crippen molar-refractivity contribution in [1.82, 2.24) is 15.0 Å². The predicted molar refractivity (Wildman–Crippen MR) is 151 cm³/mol. The molecule has 12 heteroatoms. The van der Waals surface area contributed by atoms with Gasteiger partial charge in [-0.2, -0.15) is 18.2 Å². The van der Waals surface area contributed by atoms with Gasteiger partial charge in [0.15, 0.2) is 0 Å². The maximum Gasteiger partial charge on any atom is 0.416 e. The third kappa shape index (κ3) is 4.68. The Bertz CT molecular complexity index is 1550. The molecule has 2 aliphatic heterocycles. The molecule has 2 aromatic heterocycles. The molecule has 2 N–H and O–H groups in total. The summed E-state index contributed by atoms with van der Waals surface area (Å²) < 4.78 is 39.4. The number of anilines is 3. The lowest BCUT2D eigenvalue weighted by Crippen LogP contribution is -2.49. The lowest BCUT2D eigenvalue weighted by atomic mass is 9.90. The van der Waals surface area contributed by atoms with Gasteiger partial charge in [0.1, 0.15) is 17.3 Å². The summed E-state index contributed by atoms with van der Waals surface area (Å²) in [4.78, 5) is 33.2. The molecule has 208 valence electrons. The molecule has 3 aromatic rings. The summed E-state index contributed by atoms with van der Waals surface area (Å²) >= 11 is 0. The van der Waals surface area contributed by atoms with Crippen LogP contribution in [0, 0.1) is 6.92 Å². The van der Waals surface area contributed by atoms with E-state index in [0.29, 0.717) is 18.2 Å². The molecule has 1 aromatic carbocycles. The van der Waals surface area contributed by atoms with E-state index in [2.05, 4.69) is 25.5 Å². The number of aliphatic imine (C=N–C) groups is 1. The fraction of sp³-hybridized carbons (Fsp3) is 0.321. The molecular formula is C28H27ClF3N7O. The summed E-state index contributed by atoms with van der Waals surface area (Å²) in [5.74, 6) is 1.47. The van der Waals surface area contributed by atoms with Crippen LogP contribution in [-0.4, -0.2) is 45.8 Å². The van der Waals surface area contributed by atoms with Crippen LogP contribution in [0.5, 0.6) is 0 Å². The number of amides is 1. The van der Waals surface area contributed by atoms with Gasteiger partial charge in [-0.1, -0.05) is 18.9 Å². The lowest BCUT2D eigenvalue weighted by molar-refractivity contribution is -0.137. The van der Waals surface area contributed by atoms with Crippen LogP contribution >= 0.6 is 12.4 Å². The minimum atomic E-state index is -4.57. The number of rotatable bonds is 4. The number of alkyl halides is 3. The summed E-state index contributed by atoms with van der Waals surface area (Å²) in [6.07, 6.45) is 4.52. The van der Waals surface area contributed by atoms with Crippen LogP contribution in [0.1, 0.15) is 58.4 Å². The SMILES string of the molecule is CNc1ncc2c(n1)N1C(=NCC13CCCC3)C(c1cc(NC(=O)c3cc(C(F)(F)F)ccn3)ccc1C)=C2.Cl. The zero-order valence-corrected chi connectivity index (χ0v) is 22.7. The van der Waals surface area contributed by atoms with Crippen molar-refractivity contribution in [3.8, 4) is 0 Å². The molecule has 1 aliphatic carbocycles. The van der Waals surface area contributed by atoms with Crippen LogP contribution in [0.15, 0.2) is 47.7 Å². The van der Waals surface area contributed by atoms with Crippen molar-refractivity contribution in [2.24, 2.45) is 4.99 Å². The number of carbonyl (C=O) groups is 1. The Kier molecular flexibility index (Phi) is 7.03. The van der Waals surface area contributed by atoms with Crippen molar-refractivity contribution in [1.29, 1.82) is 0 Å². The van der Waals surface area contributed by atoms with E-state index in [1.54, 1.807) is 19.3 Å². The number of aryl methyl sites for hydroxylation is 1. The van der Waals surface area contributed by atoms with Crippen LogP contribution in [0.25, 0.3) is 11.6 Å². The van der Waals surface area contributed by atoms with E-state index in [0.717, 1.165) is 77.9 Å². The quantitative estimate of drug-likeness (QED) is 0.400. The fourth-order valence-corrected chi connectivity index (χ4v) is 5.65. The molecule has 40 heavy (non-hydrogen) atoms. The van der Waals surface area contributed by atoms with Crippen LogP contribution in [0.3, 0.4) is 0 Å². The molecule has 1 saturated carbocycles. The van der Waals surface area contributed by atoms with Gasteiger partial charge in [-0.3, -0.25) is 14.8 Å². The highest BCUT2D eigenvalue weighted by Crippen LogP contribution is 2.47. The number of benzene rings is 1. The number of hydrogen-bond acceptors (Lipinski definition) is 7. The second-order valence-electron chi connectivity index (χ2n) is 10.1. The second kappa shape index (κ2) is 10.2. The van der Waals surface area contributed by atoms with Crippen LogP contribution in [-0.2, 0) is 6.18 Å². The summed E-state index contributed by atoms with van der Waals surface area (Å²) in [6.45, 7) is 2.64. The predicted octanol–water partition coefficient (Wildman–Crippen LogP) is 6.00. The van der Waals surface area contributed by atoms with Crippen molar-refractivity contribution >= 4 is 53.3 Å². The number of carbonyl (C=O) groups excluding carboxylic acids is 1. The van der Waals surface area contributed by atoms with Gasteiger partial charge in [0.25, 0.3) is 5.91 Å². The average Bonchev–Trinajstić information content (AvgIpc) is 3.56. The van der Waals surface area contributed by atoms with E-state index in [4.69, 9.17) is 9.98 Å². The molecule has 1 spiro atoms. The van der Waals surface area contributed by atoms with E-state index in [1.165, 1.54) is 0 Å². The van der Waals surface area contributed by atoms with Gasteiger partial charge in [-0.15, -0.1) is 12.4 Å². The Morgan fingerprint density at radius 3 is 2.60 bits per heavy atom. The van der Waals surface area contributed by atoms with E-state index >= 15 is 0 Å². The molecule has 0 saturated heterocycles. The van der Waals surface area contributed by atoms with Crippen molar-refractivity contribution in [3.05, 3.63) is 70.7 Å². The summed E-state index contributed by atoms with van der Waals surface area (Å²) in [6, 6.07) is 6.99. The molecule has 4 heterocycles. The van der Waals surface area contributed by atoms with Crippen molar-refractivity contribution < 1.29 is 18.0 Å². The number of nitrogens with zero attached hydrogens (tertiary/aromatic N) is 5. The van der Waals surface area contributed by atoms with Crippen molar-refractivity contribution in [2.45, 2.75) is 44.3 Å². The van der Waals surface area contributed by atoms with E-state index in [1.807, 2.05) is 25.1 Å². The number of fused-ring (bicyclic) bond motifs is 4. The number of amidine groups is 1. The van der Waals surface area contributed by atoms with E-state index in [-0.39, 0.29) is 23.6 Å². The van der Waals surface area contributed by atoms with Gasteiger partial charge in [0.2, 0.25) is 5.95 Å². The second-order valence-corrected chi connectivity index (χ2v) is 10.1. The summed E-state index contributed by atoms with van der Waals surface area (Å²) in [5.41, 5.74) is 2.64. The maximum absolute atomic E-state index is 13.1. The standard InChI is InChI=1S/C28H26F3N7O.ClH/c1-16-5-6-19(36-25(39)22-12-18(7-10-33-22)28(29,30)31)13-20(16)21-11-17-14-34-26(32-2)37-23(17)38-24(21)35-15-27(38)8-3-4-9-27;/h5-7,10-14H,3-4,8-9,15H2,1-2H3,(H,36,39)(H,32,34,37);1H. The number of hydrogen-bond donors (Lipinski definition) is 2. The largest absolute Gasteiger partial charge is 0.416 e. The van der Waals surface area contributed by atoms with E-state index in [9.17, 15) is 18.0 Å². The third-order valence-electron chi connectivity index (χ3n) is 7.62. The monoisotopic (exact) mass is 569 g/mol. The highest BCUT2D eigenvalue weighted by atomic mass is 35.5. The number of halogens is 4. The Hall–Kier alpha value is -3.99. The molecular weight excluding hydrogens is 543 g/mol. The van der Waals surface area contributed by atoms with Crippen molar-refractivity contribution in [2.75, 3.05) is 29.1 Å². The summed E-state index contributed by atoms with van der Waals surface area (Å²) in [7, 11) is 1.79. The van der Waals surface area contributed by atoms with Crippen LogP contribution < -0.4 is 15.5 Å². The number of aromatic nitrogens is 3. The zero-order valence-electron chi connectivity index (χ0n) is 21.8. The van der Waals surface area contributed by atoms with Crippen LogP contribution in [0.2, 0.25) is 0 Å². The first-order valence-electron chi connectivity index (χ1n) is 12.8. The van der Waals surface area contributed by atoms with Gasteiger partial charge in [-0.25, -0.2) is 4.98 Å². The Balaban J connectivity index is 0.00000323. The molecule has 3 aliphatic rings. The molecule has 1 fully saturated rings. The highest BCUT2D eigenvalue weighted by molar-refractivity contribution is 6.36. The minimum absolute atomic E-state index is 0. The summed E-state index contributed by atoms with van der Waals surface area (Å²) in [5, 5.41) is 5.73. The fourth-order valence-electron chi connectivity index (χ4n) is 5.65. The first-order chi connectivity index (χ1) is 18.7. The highest BCUT2D eigenvalue weighted by Gasteiger charge is 2.49. The Morgan fingerprint density at radius 1 is 1.10 bits per heavy atom. The molecule has 8 nitrogen and oxygen atoms in total. The van der Waals surface area contributed by atoms with Gasteiger partial charge < -0.3 is 15.5 Å². The third-order valence-corrected chi connectivity index (χ3v) is 7.62. The van der Waals surface area contributed by atoms with Gasteiger partial charge in [-0.05, 0) is 61.2 Å². The molecule has 0 atom stereocenters. The molecule has 0 bridgehead atoms. The molecule has 0 radical (unpaired) electrons. The smallest absolute Gasteiger partial charge is 0.357 e. The normalized spacial score (nSPS) is 17.0. The Morgan fingerprint density at radius 2 is 1.88 bits per heavy atom. The maximum atomic E-state index is 13.1. The number of nitrogens with one attached hydrogen (secondary N) is 2. The van der Waals surface area contributed by atoms with Gasteiger partial charge in [0, 0.05) is 36.3 Å². The van der Waals surface area contributed by atoms with Gasteiger partial charge >= 0.3 is 6.18 Å². The molecule has 0 unspecified atom stereocenters. The van der Waals surface area contributed by atoms with Crippen molar-refractivity contribution in [3.63, 3.8) is 0 Å². The minimum Gasteiger partial charge on any atom is -0.357 e. The topological polar surface area (TPSA) is 95.4 Å². The molecule has 6 rings (SSSR count). The Labute approximate surface area is 235 Å². The van der Waals surface area contributed by atoms with Gasteiger partial charge in [0.05, 0.1) is 17.6 Å². The lowest BCUT2D eigenvalue weighted by Gasteiger charge is -2.39. The first-order valence-corrected chi connectivity index (χ1v) is 12.8. The average molecular weight is 570 g/mol. The van der Waals surface area contributed by atoms with E-state index < -0.39 is 17.6 Å². The van der Waals surface area contributed by atoms with Crippen LogP contribution in [0.4, 0.5) is 30.6 Å². The number of pyridine rings is 1. The first kappa shape index (κ1) is 27.6.